The SMILES string of the molecule is CC(C)(C)OC(=O)N1C[C@H]2CN(C(=O)c3cnc(OCC4CCOCC4)c(C4CC4)c3)C[C@@H]2C1. The van der Waals surface area contributed by atoms with E-state index >= 15 is 0 Å². The topological polar surface area (TPSA) is 81.2 Å². The van der Waals surface area contributed by atoms with Crippen LogP contribution in [0.4, 0.5) is 4.79 Å². The molecule has 3 aliphatic heterocycles. The summed E-state index contributed by atoms with van der Waals surface area (Å²) >= 11 is 0. The standard InChI is InChI=1S/C26H37N3O5/c1-26(2,3)34-25(31)29-14-20-12-28(13-21(20)15-29)24(30)19-10-22(18-4-5-18)23(27-11-19)33-16-17-6-8-32-9-7-17/h10-11,17-18,20-21H,4-9,12-16H2,1-3H3/t20-,21-/m1/s1. The van der Waals surface area contributed by atoms with Crippen LogP contribution in [0, 0.1) is 17.8 Å². The predicted octanol–water partition coefficient (Wildman–Crippen LogP) is 3.70. The van der Waals surface area contributed by atoms with Gasteiger partial charge in [0.1, 0.15) is 5.60 Å². The van der Waals surface area contributed by atoms with Crippen molar-refractivity contribution in [1.29, 1.82) is 0 Å². The zero-order valence-electron chi connectivity index (χ0n) is 20.6. The number of nitrogens with zero attached hydrogens (tertiary/aromatic N) is 3. The third kappa shape index (κ3) is 5.32. The zero-order valence-corrected chi connectivity index (χ0v) is 20.6. The number of hydrogen-bond donors (Lipinski definition) is 0. The van der Waals surface area contributed by atoms with E-state index in [1.807, 2.05) is 31.7 Å². The quantitative estimate of drug-likeness (QED) is 0.651. The number of ether oxygens (including phenoxy) is 3. The number of hydrogen-bond acceptors (Lipinski definition) is 6. The van der Waals surface area contributed by atoms with Crippen molar-refractivity contribution in [2.75, 3.05) is 46.0 Å². The molecule has 34 heavy (non-hydrogen) atoms. The fraction of sp³-hybridized carbons (Fsp3) is 0.731. The molecule has 1 aromatic heterocycles. The van der Waals surface area contributed by atoms with Gasteiger partial charge in [0.05, 0.1) is 12.2 Å². The summed E-state index contributed by atoms with van der Waals surface area (Å²) in [5, 5.41) is 0. The highest BCUT2D eigenvalue weighted by Gasteiger charge is 2.44. The van der Waals surface area contributed by atoms with Crippen molar-refractivity contribution in [2.24, 2.45) is 17.8 Å². The van der Waals surface area contributed by atoms with Crippen LogP contribution in [0.2, 0.25) is 0 Å². The Labute approximate surface area is 201 Å². The Kier molecular flexibility index (Phi) is 6.44. The molecular formula is C26H37N3O5. The summed E-state index contributed by atoms with van der Waals surface area (Å²) in [6, 6.07) is 2.01. The van der Waals surface area contributed by atoms with Crippen LogP contribution in [0.15, 0.2) is 12.3 Å². The summed E-state index contributed by atoms with van der Waals surface area (Å²) < 4.78 is 17.1. The number of amides is 2. The Morgan fingerprint density at radius 3 is 2.29 bits per heavy atom. The van der Waals surface area contributed by atoms with Gasteiger partial charge in [-0.1, -0.05) is 0 Å². The number of aromatic nitrogens is 1. The average molecular weight is 472 g/mol. The van der Waals surface area contributed by atoms with Crippen molar-refractivity contribution in [3.63, 3.8) is 0 Å². The Morgan fingerprint density at radius 2 is 1.68 bits per heavy atom. The second-order valence-corrected chi connectivity index (χ2v) is 11.4. The number of carbonyl (C=O) groups excluding carboxylic acids is 2. The maximum atomic E-state index is 13.3. The highest BCUT2D eigenvalue weighted by Crippen LogP contribution is 2.44. The molecular weight excluding hydrogens is 434 g/mol. The fourth-order valence-electron chi connectivity index (χ4n) is 5.32. The van der Waals surface area contributed by atoms with E-state index in [1.165, 1.54) is 0 Å². The van der Waals surface area contributed by atoms with E-state index in [9.17, 15) is 9.59 Å². The van der Waals surface area contributed by atoms with Gasteiger partial charge < -0.3 is 24.0 Å². The van der Waals surface area contributed by atoms with E-state index in [4.69, 9.17) is 14.2 Å². The lowest BCUT2D eigenvalue weighted by atomic mass is 10.0. The second kappa shape index (κ2) is 9.36. The van der Waals surface area contributed by atoms with E-state index in [-0.39, 0.29) is 12.0 Å². The highest BCUT2D eigenvalue weighted by molar-refractivity contribution is 5.94. The lowest BCUT2D eigenvalue weighted by Crippen LogP contribution is -2.38. The van der Waals surface area contributed by atoms with Crippen LogP contribution in [-0.4, -0.2) is 78.4 Å². The molecule has 1 aliphatic carbocycles. The molecule has 0 spiro atoms. The number of rotatable bonds is 5. The van der Waals surface area contributed by atoms with Crippen molar-refractivity contribution >= 4 is 12.0 Å². The smallest absolute Gasteiger partial charge is 0.410 e. The summed E-state index contributed by atoms with van der Waals surface area (Å²) in [6.07, 6.45) is 5.72. The molecule has 1 aromatic rings. The largest absolute Gasteiger partial charge is 0.477 e. The van der Waals surface area contributed by atoms with Gasteiger partial charge in [-0.05, 0) is 64.4 Å². The van der Waals surface area contributed by atoms with Crippen LogP contribution in [0.25, 0.3) is 0 Å². The van der Waals surface area contributed by atoms with Gasteiger partial charge in [0.15, 0.2) is 0 Å². The van der Waals surface area contributed by atoms with Gasteiger partial charge >= 0.3 is 6.09 Å². The van der Waals surface area contributed by atoms with Crippen LogP contribution in [-0.2, 0) is 9.47 Å². The first-order valence-electron chi connectivity index (χ1n) is 12.7. The average Bonchev–Trinajstić information content (AvgIpc) is 3.45. The van der Waals surface area contributed by atoms with Crippen LogP contribution in [0.3, 0.4) is 0 Å². The molecule has 0 bridgehead atoms. The Balaban J connectivity index is 1.19. The minimum Gasteiger partial charge on any atom is -0.477 e. The number of pyridine rings is 1. The molecule has 5 rings (SSSR count). The van der Waals surface area contributed by atoms with Crippen molar-refractivity contribution in [3.8, 4) is 5.88 Å². The molecule has 0 radical (unpaired) electrons. The van der Waals surface area contributed by atoms with Crippen LogP contribution < -0.4 is 4.74 Å². The number of carbonyl (C=O) groups is 2. The van der Waals surface area contributed by atoms with Crippen LogP contribution in [0.1, 0.15) is 68.3 Å². The molecule has 0 aromatic carbocycles. The van der Waals surface area contributed by atoms with E-state index in [0.717, 1.165) is 44.5 Å². The molecule has 4 heterocycles. The van der Waals surface area contributed by atoms with Crippen LogP contribution in [0.5, 0.6) is 5.88 Å². The van der Waals surface area contributed by atoms with Gasteiger partial charge in [-0.15, -0.1) is 0 Å². The minimum atomic E-state index is -0.496. The lowest BCUT2D eigenvalue weighted by Gasteiger charge is -2.26. The molecule has 8 nitrogen and oxygen atoms in total. The summed E-state index contributed by atoms with van der Waals surface area (Å²) in [5.41, 5.74) is 1.22. The monoisotopic (exact) mass is 471 g/mol. The summed E-state index contributed by atoms with van der Waals surface area (Å²) in [7, 11) is 0. The van der Waals surface area contributed by atoms with Gasteiger partial charge in [-0.2, -0.15) is 0 Å². The van der Waals surface area contributed by atoms with E-state index < -0.39 is 5.60 Å². The first-order chi connectivity index (χ1) is 16.3. The molecule has 2 atom stereocenters. The van der Waals surface area contributed by atoms with Gasteiger partial charge in [0.25, 0.3) is 5.91 Å². The molecule has 8 heteroatoms. The normalized spacial score (nSPS) is 25.4. The van der Waals surface area contributed by atoms with Crippen molar-refractivity contribution in [2.45, 2.75) is 58.0 Å². The zero-order chi connectivity index (χ0) is 23.9. The summed E-state index contributed by atoms with van der Waals surface area (Å²) in [5.74, 6) is 2.28. The van der Waals surface area contributed by atoms with Gasteiger partial charge in [-0.3, -0.25) is 4.79 Å². The molecule has 3 saturated heterocycles. The van der Waals surface area contributed by atoms with Gasteiger partial charge in [0, 0.05) is 63.0 Å². The molecule has 0 N–H and O–H groups in total. The summed E-state index contributed by atoms with van der Waals surface area (Å²) in [4.78, 5) is 34.0. The highest BCUT2D eigenvalue weighted by atomic mass is 16.6. The molecule has 4 fully saturated rings. The minimum absolute atomic E-state index is 0.0311. The Hall–Kier alpha value is -2.35. The van der Waals surface area contributed by atoms with E-state index in [1.54, 1.807) is 11.1 Å². The number of fused-ring (bicyclic) bond motifs is 1. The predicted molar refractivity (Wildman–Crippen MR) is 126 cm³/mol. The third-order valence-corrected chi connectivity index (χ3v) is 7.36. The fourth-order valence-corrected chi connectivity index (χ4v) is 5.32. The van der Waals surface area contributed by atoms with E-state index in [2.05, 4.69) is 4.98 Å². The first kappa shape index (κ1) is 23.4. The molecule has 4 aliphatic rings. The van der Waals surface area contributed by atoms with Crippen molar-refractivity contribution in [3.05, 3.63) is 23.4 Å². The number of likely N-dealkylation sites (tertiary alicyclic amines) is 2. The second-order valence-electron chi connectivity index (χ2n) is 11.4. The molecule has 2 amide bonds. The van der Waals surface area contributed by atoms with Gasteiger partial charge in [-0.25, -0.2) is 9.78 Å². The summed E-state index contributed by atoms with van der Waals surface area (Å²) in [6.45, 7) is 10.5. The van der Waals surface area contributed by atoms with Crippen molar-refractivity contribution < 1.29 is 23.8 Å². The lowest BCUT2D eigenvalue weighted by molar-refractivity contribution is 0.0275. The van der Waals surface area contributed by atoms with Crippen molar-refractivity contribution in [1.82, 2.24) is 14.8 Å². The van der Waals surface area contributed by atoms with Gasteiger partial charge in [0.2, 0.25) is 5.88 Å². The first-order valence-corrected chi connectivity index (χ1v) is 12.7. The van der Waals surface area contributed by atoms with Crippen LogP contribution >= 0.6 is 0 Å². The third-order valence-electron chi connectivity index (χ3n) is 7.36. The maximum absolute atomic E-state index is 13.3. The Morgan fingerprint density at radius 1 is 1.03 bits per heavy atom. The van der Waals surface area contributed by atoms with E-state index in [0.29, 0.717) is 67.9 Å². The molecule has 0 unspecified atom stereocenters. The Bertz CT molecular complexity index is 906. The molecule has 186 valence electrons. The molecule has 1 saturated carbocycles. The maximum Gasteiger partial charge on any atom is 0.410 e.